The highest BCUT2D eigenvalue weighted by Crippen LogP contribution is 2.33. The first kappa shape index (κ1) is 17.1. The summed E-state index contributed by atoms with van der Waals surface area (Å²) in [6, 6.07) is 3.47. The van der Waals surface area contributed by atoms with E-state index in [4.69, 9.17) is 10.8 Å². The molecule has 1 aromatic carbocycles. The first-order valence-corrected chi connectivity index (χ1v) is 5.41. The molecule has 3 N–H and O–H groups in total. The van der Waals surface area contributed by atoms with E-state index in [9.17, 15) is 13.6 Å². The molecule has 0 aliphatic rings. The molecule has 1 unspecified atom stereocenters. The summed E-state index contributed by atoms with van der Waals surface area (Å²) in [5.74, 6) is -1.24. The second kappa shape index (κ2) is 7.50. The summed E-state index contributed by atoms with van der Waals surface area (Å²) < 4.78 is 29.1. The van der Waals surface area contributed by atoms with Crippen molar-refractivity contribution in [2.75, 3.05) is 0 Å². The van der Waals surface area contributed by atoms with Gasteiger partial charge >= 0.3 is 12.6 Å². The average Bonchev–Trinajstić information content (AvgIpc) is 2.14. The summed E-state index contributed by atoms with van der Waals surface area (Å²) in [7, 11) is 0. The molecule has 18 heavy (non-hydrogen) atoms. The van der Waals surface area contributed by atoms with Crippen molar-refractivity contribution in [3.05, 3.63) is 28.2 Å². The molecule has 1 atom stereocenters. The molecule has 0 amide bonds. The van der Waals surface area contributed by atoms with Crippen molar-refractivity contribution >= 4 is 34.3 Å². The molecule has 8 heteroatoms. The van der Waals surface area contributed by atoms with Gasteiger partial charge in [-0.1, -0.05) is 22.0 Å². The molecule has 0 bridgehead atoms. The topological polar surface area (TPSA) is 72.6 Å². The Balaban J connectivity index is 0.00000289. The number of aliphatic carboxylic acids is 1. The molecular formula is C10H11BrClF2NO3. The van der Waals surface area contributed by atoms with Crippen molar-refractivity contribution in [3.63, 3.8) is 0 Å². The monoisotopic (exact) mass is 345 g/mol. The second-order valence-corrected chi connectivity index (χ2v) is 4.09. The summed E-state index contributed by atoms with van der Waals surface area (Å²) >= 11 is 3.13. The number of carboxylic acids is 1. The molecular weight excluding hydrogens is 335 g/mol. The minimum Gasteiger partial charge on any atom is -0.481 e. The summed E-state index contributed by atoms with van der Waals surface area (Å²) in [5.41, 5.74) is 5.86. The zero-order valence-corrected chi connectivity index (χ0v) is 11.4. The van der Waals surface area contributed by atoms with Gasteiger partial charge < -0.3 is 15.6 Å². The van der Waals surface area contributed by atoms with Crippen LogP contribution in [0.1, 0.15) is 18.0 Å². The lowest BCUT2D eigenvalue weighted by molar-refractivity contribution is -0.137. The highest BCUT2D eigenvalue weighted by molar-refractivity contribution is 9.10. The van der Waals surface area contributed by atoms with Crippen LogP contribution in [0.5, 0.6) is 5.75 Å². The Hall–Kier alpha value is -0.920. The summed E-state index contributed by atoms with van der Waals surface area (Å²) in [6.07, 6.45) is -0.373. The summed E-state index contributed by atoms with van der Waals surface area (Å²) in [6.45, 7) is -2.99. The number of rotatable bonds is 5. The first-order chi connectivity index (χ1) is 7.91. The molecule has 0 heterocycles. The third-order valence-corrected chi connectivity index (χ3v) is 2.69. The Bertz CT molecular complexity index is 420. The van der Waals surface area contributed by atoms with Crippen molar-refractivity contribution in [2.45, 2.75) is 19.1 Å². The maximum absolute atomic E-state index is 12.2. The van der Waals surface area contributed by atoms with Crippen LogP contribution >= 0.6 is 28.3 Å². The largest absolute Gasteiger partial charge is 0.481 e. The van der Waals surface area contributed by atoms with E-state index >= 15 is 0 Å². The van der Waals surface area contributed by atoms with Gasteiger partial charge in [0.25, 0.3) is 0 Å². The van der Waals surface area contributed by atoms with Crippen LogP contribution in [-0.4, -0.2) is 17.7 Å². The average molecular weight is 347 g/mol. The van der Waals surface area contributed by atoms with E-state index in [1.165, 1.54) is 12.1 Å². The van der Waals surface area contributed by atoms with Crippen LogP contribution in [0.3, 0.4) is 0 Å². The number of halogens is 4. The molecule has 0 aromatic heterocycles. The zero-order chi connectivity index (χ0) is 13.0. The molecule has 0 saturated heterocycles. The van der Waals surface area contributed by atoms with Crippen molar-refractivity contribution in [1.29, 1.82) is 0 Å². The van der Waals surface area contributed by atoms with Gasteiger partial charge in [0.05, 0.1) is 6.42 Å². The molecule has 1 rings (SSSR count). The van der Waals surface area contributed by atoms with Gasteiger partial charge in [-0.05, 0) is 12.1 Å². The smallest absolute Gasteiger partial charge is 0.387 e. The number of carbonyl (C=O) groups is 1. The number of alkyl halides is 2. The van der Waals surface area contributed by atoms with Gasteiger partial charge in [0.15, 0.2) is 0 Å². The fourth-order valence-corrected chi connectivity index (χ4v) is 2.01. The lowest BCUT2D eigenvalue weighted by atomic mass is 10.0. The van der Waals surface area contributed by atoms with Crippen LogP contribution in [0.15, 0.2) is 22.7 Å². The van der Waals surface area contributed by atoms with E-state index in [-0.39, 0.29) is 30.1 Å². The van der Waals surface area contributed by atoms with E-state index in [0.29, 0.717) is 4.47 Å². The lowest BCUT2D eigenvalue weighted by Gasteiger charge is -2.16. The molecule has 0 radical (unpaired) electrons. The van der Waals surface area contributed by atoms with Gasteiger partial charge in [0.2, 0.25) is 0 Å². The van der Waals surface area contributed by atoms with Gasteiger partial charge in [0.1, 0.15) is 5.75 Å². The standard InChI is InChI=1S/C10H10BrF2NO3.ClH/c11-5-2-1-3-7(17-10(12)13)9(5)6(14)4-8(15)16;/h1-3,6,10H,4,14H2,(H,15,16);1H. The number of hydrogen-bond donors (Lipinski definition) is 2. The highest BCUT2D eigenvalue weighted by Gasteiger charge is 2.20. The van der Waals surface area contributed by atoms with Crippen molar-refractivity contribution in [3.8, 4) is 5.75 Å². The van der Waals surface area contributed by atoms with Gasteiger partial charge in [-0.15, -0.1) is 12.4 Å². The Morgan fingerprint density at radius 1 is 1.50 bits per heavy atom. The van der Waals surface area contributed by atoms with Crippen LogP contribution in [0, 0.1) is 0 Å². The Morgan fingerprint density at radius 3 is 2.61 bits per heavy atom. The Morgan fingerprint density at radius 2 is 2.11 bits per heavy atom. The SMILES string of the molecule is Cl.NC(CC(=O)O)c1c(Br)cccc1OC(F)F. The minimum atomic E-state index is -2.99. The van der Waals surface area contributed by atoms with Crippen LogP contribution in [0.4, 0.5) is 8.78 Å². The fraction of sp³-hybridized carbons (Fsp3) is 0.300. The van der Waals surface area contributed by atoms with Crippen LogP contribution in [-0.2, 0) is 4.79 Å². The zero-order valence-electron chi connectivity index (χ0n) is 8.98. The maximum atomic E-state index is 12.2. The predicted molar refractivity (Wildman–Crippen MR) is 67.2 cm³/mol. The number of benzene rings is 1. The Kier molecular flexibility index (Phi) is 7.12. The number of hydrogen-bond acceptors (Lipinski definition) is 3. The van der Waals surface area contributed by atoms with E-state index in [1.807, 2.05) is 0 Å². The molecule has 1 aromatic rings. The maximum Gasteiger partial charge on any atom is 0.387 e. The normalized spacial score (nSPS) is 11.8. The lowest BCUT2D eigenvalue weighted by Crippen LogP contribution is -2.17. The third-order valence-electron chi connectivity index (χ3n) is 1.99. The van der Waals surface area contributed by atoms with Gasteiger partial charge in [-0.3, -0.25) is 4.79 Å². The molecule has 0 spiro atoms. The number of nitrogens with two attached hydrogens (primary N) is 1. The van der Waals surface area contributed by atoms with Gasteiger partial charge in [-0.25, -0.2) is 0 Å². The van der Waals surface area contributed by atoms with Crippen molar-refractivity contribution in [2.24, 2.45) is 5.73 Å². The molecule has 0 saturated carbocycles. The van der Waals surface area contributed by atoms with Crippen LogP contribution in [0.25, 0.3) is 0 Å². The number of ether oxygens (including phenoxy) is 1. The quantitative estimate of drug-likeness (QED) is 0.860. The highest BCUT2D eigenvalue weighted by atomic mass is 79.9. The molecule has 0 aliphatic carbocycles. The van der Waals surface area contributed by atoms with E-state index in [1.54, 1.807) is 6.07 Å². The van der Waals surface area contributed by atoms with Gasteiger partial charge in [0, 0.05) is 16.1 Å². The molecule has 0 aliphatic heterocycles. The van der Waals surface area contributed by atoms with E-state index < -0.39 is 18.6 Å². The van der Waals surface area contributed by atoms with Gasteiger partial charge in [-0.2, -0.15) is 8.78 Å². The van der Waals surface area contributed by atoms with Crippen LogP contribution < -0.4 is 10.5 Å². The molecule has 0 fully saturated rings. The fourth-order valence-electron chi connectivity index (χ4n) is 1.37. The predicted octanol–water partition coefficient (Wildman–Crippen LogP) is 2.95. The number of carboxylic acid groups (broad SMARTS) is 1. The minimum absolute atomic E-state index is 0. The summed E-state index contributed by atoms with van der Waals surface area (Å²) in [5, 5.41) is 8.62. The molecule has 102 valence electrons. The summed E-state index contributed by atoms with van der Waals surface area (Å²) in [4.78, 5) is 10.5. The van der Waals surface area contributed by atoms with E-state index in [0.717, 1.165) is 0 Å². The van der Waals surface area contributed by atoms with Crippen molar-refractivity contribution in [1.82, 2.24) is 0 Å². The molecule has 4 nitrogen and oxygen atoms in total. The second-order valence-electron chi connectivity index (χ2n) is 3.23. The van der Waals surface area contributed by atoms with Crippen molar-refractivity contribution < 1.29 is 23.4 Å². The first-order valence-electron chi connectivity index (χ1n) is 4.62. The third kappa shape index (κ3) is 4.75. The van der Waals surface area contributed by atoms with E-state index in [2.05, 4.69) is 20.7 Å². The van der Waals surface area contributed by atoms with Crippen LogP contribution in [0.2, 0.25) is 0 Å². The Labute approximate surface area is 117 Å².